The minimum Gasteiger partial charge on any atom is -0.443 e. The first-order valence-electron chi connectivity index (χ1n) is 6.70. The largest absolute Gasteiger partial charge is 0.443 e. The molecule has 1 fully saturated rings. The molecule has 0 unspecified atom stereocenters. The van der Waals surface area contributed by atoms with E-state index in [4.69, 9.17) is 9.47 Å². The smallest absolute Gasteiger partial charge is 0.415 e. The van der Waals surface area contributed by atoms with Crippen LogP contribution in [0, 0.1) is 5.82 Å². The maximum Gasteiger partial charge on any atom is 0.415 e. The Morgan fingerprint density at radius 3 is 2.65 bits per heavy atom. The second kappa shape index (κ2) is 4.19. The van der Waals surface area contributed by atoms with Gasteiger partial charge in [-0.2, -0.15) is 0 Å². The number of ether oxygens (including phenoxy) is 2. The predicted molar refractivity (Wildman–Crippen MR) is 72.4 cm³/mol. The highest BCUT2D eigenvalue weighted by Crippen LogP contribution is 2.43. The Balaban J connectivity index is 1.97. The first-order valence-corrected chi connectivity index (χ1v) is 6.70. The summed E-state index contributed by atoms with van der Waals surface area (Å²) in [6.07, 6.45) is 0.213. The van der Waals surface area contributed by atoms with Crippen LogP contribution in [0.5, 0.6) is 0 Å². The van der Waals surface area contributed by atoms with Crippen molar-refractivity contribution in [2.45, 2.75) is 38.3 Å². The van der Waals surface area contributed by atoms with Crippen LogP contribution in [0.25, 0.3) is 0 Å². The van der Waals surface area contributed by atoms with Gasteiger partial charge in [0.25, 0.3) is 0 Å². The van der Waals surface area contributed by atoms with Crippen molar-refractivity contribution in [3.05, 3.63) is 29.6 Å². The van der Waals surface area contributed by atoms with Crippen molar-refractivity contribution in [3.8, 4) is 0 Å². The van der Waals surface area contributed by atoms with E-state index in [1.165, 1.54) is 12.1 Å². The van der Waals surface area contributed by atoms with Crippen LogP contribution in [0.4, 0.5) is 14.9 Å². The van der Waals surface area contributed by atoms with Crippen LogP contribution >= 0.6 is 0 Å². The molecule has 0 bridgehead atoms. The number of carbonyl (C=O) groups excluding carboxylic acids is 1. The third-order valence-corrected chi connectivity index (χ3v) is 3.59. The molecule has 108 valence electrons. The Kier molecular flexibility index (Phi) is 2.80. The molecule has 1 aromatic rings. The quantitative estimate of drug-likeness (QED) is 0.733. The SMILES string of the molecule is CC(C)(C)OC(=O)N1c2ccc(F)cc2CC12COC2. The van der Waals surface area contributed by atoms with Crippen molar-refractivity contribution in [2.75, 3.05) is 18.1 Å². The van der Waals surface area contributed by atoms with Crippen molar-refractivity contribution in [2.24, 2.45) is 0 Å². The molecule has 2 heterocycles. The maximum atomic E-state index is 13.4. The molecule has 1 saturated heterocycles. The Labute approximate surface area is 117 Å². The van der Waals surface area contributed by atoms with E-state index in [0.717, 1.165) is 11.3 Å². The van der Waals surface area contributed by atoms with Gasteiger partial charge < -0.3 is 9.47 Å². The third-order valence-electron chi connectivity index (χ3n) is 3.59. The molecule has 0 aromatic heterocycles. The van der Waals surface area contributed by atoms with Crippen molar-refractivity contribution < 1.29 is 18.7 Å². The molecule has 20 heavy (non-hydrogen) atoms. The van der Waals surface area contributed by atoms with Crippen molar-refractivity contribution in [3.63, 3.8) is 0 Å². The summed E-state index contributed by atoms with van der Waals surface area (Å²) >= 11 is 0. The van der Waals surface area contributed by atoms with Gasteiger partial charge in [0, 0.05) is 6.42 Å². The summed E-state index contributed by atoms with van der Waals surface area (Å²) in [7, 11) is 0. The molecule has 2 aliphatic rings. The number of rotatable bonds is 0. The number of fused-ring (bicyclic) bond motifs is 1. The van der Waals surface area contributed by atoms with E-state index in [2.05, 4.69) is 0 Å². The molecule has 1 aromatic carbocycles. The normalized spacial score (nSPS) is 19.7. The summed E-state index contributed by atoms with van der Waals surface area (Å²) in [5.41, 5.74) is 0.590. The molecule has 1 amide bonds. The van der Waals surface area contributed by atoms with Gasteiger partial charge in [-0.15, -0.1) is 0 Å². The minimum atomic E-state index is -0.564. The van der Waals surface area contributed by atoms with E-state index in [-0.39, 0.29) is 5.82 Å². The van der Waals surface area contributed by atoms with E-state index in [1.807, 2.05) is 20.8 Å². The summed E-state index contributed by atoms with van der Waals surface area (Å²) in [6.45, 7) is 6.41. The molecular formula is C15H18FNO3. The minimum absolute atomic E-state index is 0.287. The monoisotopic (exact) mass is 279 g/mol. The van der Waals surface area contributed by atoms with E-state index in [0.29, 0.717) is 19.6 Å². The molecular weight excluding hydrogens is 261 g/mol. The molecule has 0 N–H and O–H groups in total. The number of amides is 1. The predicted octanol–water partition coefficient (Wildman–Crippen LogP) is 2.89. The Morgan fingerprint density at radius 1 is 1.40 bits per heavy atom. The van der Waals surface area contributed by atoms with E-state index in [1.54, 1.807) is 11.0 Å². The fourth-order valence-electron chi connectivity index (χ4n) is 2.77. The second-order valence-corrected chi connectivity index (χ2v) is 6.48. The van der Waals surface area contributed by atoms with Gasteiger partial charge in [0.05, 0.1) is 18.9 Å². The highest BCUT2D eigenvalue weighted by atomic mass is 19.1. The zero-order valence-corrected chi connectivity index (χ0v) is 11.9. The summed E-state index contributed by atoms with van der Waals surface area (Å²) in [5.74, 6) is -0.287. The molecule has 0 aliphatic carbocycles. The van der Waals surface area contributed by atoms with Crippen LogP contribution in [0.2, 0.25) is 0 Å². The van der Waals surface area contributed by atoms with E-state index >= 15 is 0 Å². The van der Waals surface area contributed by atoms with Crippen LogP contribution in [0.1, 0.15) is 26.3 Å². The number of hydrogen-bond acceptors (Lipinski definition) is 3. The highest BCUT2D eigenvalue weighted by Gasteiger charge is 2.53. The first-order chi connectivity index (χ1) is 9.31. The zero-order chi connectivity index (χ0) is 14.5. The third kappa shape index (κ3) is 2.06. The van der Waals surface area contributed by atoms with Gasteiger partial charge in [-0.1, -0.05) is 0 Å². The zero-order valence-electron chi connectivity index (χ0n) is 11.9. The number of hydrogen-bond donors (Lipinski definition) is 0. The molecule has 5 heteroatoms. The number of halogens is 1. The average molecular weight is 279 g/mol. The fraction of sp³-hybridized carbons (Fsp3) is 0.533. The lowest BCUT2D eigenvalue weighted by Crippen LogP contribution is -2.63. The number of anilines is 1. The number of nitrogens with zero attached hydrogens (tertiary/aromatic N) is 1. The van der Waals surface area contributed by atoms with Crippen LogP contribution in [0.3, 0.4) is 0 Å². The van der Waals surface area contributed by atoms with Gasteiger partial charge in [0.15, 0.2) is 0 Å². The summed E-state index contributed by atoms with van der Waals surface area (Å²) in [6, 6.07) is 4.50. The van der Waals surface area contributed by atoms with Gasteiger partial charge in [0.1, 0.15) is 17.0 Å². The lowest BCUT2D eigenvalue weighted by atomic mass is 9.92. The van der Waals surface area contributed by atoms with E-state index in [9.17, 15) is 9.18 Å². The Hall–Kier alpha value is -1.62. The van der Waals surface area contributed by atoms with Gasteiger partial charge in [-0.3, -0.25) is 4.90 Å². The Bertz CT molecular complexity index is 561. The van der Waals surface area contributed by atoms with Gasteiger partial charge >= 0.3 is 6.09 Å². The van der Waals surface area contributed by atoms with Crippen LogP contribution in [-0.4, -0.2) is 30.4 Å². The lowest BCUT2D eigenvalue weighted by molar-refractivity contribution is -0.0552. The standard InChI is InChI=1S/C15H18FNO3/c1-14(2,3)20-13(18)17-12-5-4-11(16)6-10(12)7-15(17)8-19-9-15/h4-6H,7-9H2,1-3H3. The number of carbonyl (C=O) groups is 1. The van der Waals surface area contributed by atoms with Gasteiger partial charge in [0.2, 0.25) is 0 Å². The van der Waals surface area contributed by atoms with Crippen LogP contribution in [0.15, 0.2) is 18.2 Å². The van der Waals surface area contributed by atoms with Crippen molar-refractivity contribution >= 4 is 11.8 Å². The van der Waals surface area contributed by atoms with Crippen molar-refractivity contribution in [1.82, 2.24) is 0 Å². The molecule has 4 nitrogen and oxygen atoms in total. The van der Waals surface area contributed by atoms with Crippen LogP contribution in [-0.2, 0) is 15.9 Å². The average Bonchev–Trinajstić information content (AvgIpc) is 2.60. The molecule has 3 rings (SSSR count). The van der Waals surface area contributed by atoms with Gasteiger partial charge in [-0.25, -0.2) is 9.18 Å². The molecule has 0 atom stereocenters. The van der Waals surface area contributed by atoms with Crippen LogP contribution < -0.4 is 4.90 Å². The summed E-state index contributed by atoms with van der Waals surface area (Å²) < 4.78 is 24.1. The molecule has 0 saturated carbocycles. The van der Waals surface area contributed by atoms with Crippen molar-refractivity contribution in [1.29, 1.82) is 0 Å². The van der Waals surface area contributed by atoms with Gasteiger partial charge in [-0.05, 0) is 44.5 Å². The molecule has 1 spiro atoms. The number of benzene rings is 1. The molecule has 0 radical (unpaired) electrons. The highest BCUT2D eigenvalue weighted by molar-refractivity contribution is 5.93. The van der Waals surface area contributed by atoms with E-state index < -0.39 is 17.2 Å². The molecule has 2 aliphatic heterocycles. The lowest BCUT2D eigenvalue weighted by Gasteiger charge is -2.45. The topological polar surface area (TPSA) is 38.8 Å². The maximum absolute atomic E-state index is 13.4. The summed E-state index contributed by atoms with van der Waals surface area (Å²) in [4.78, 5) is 14.1. The first kappa shape index (κ1) is 13.4. The fourth-order valence-corrected chi connectivity index (χ4v) is 2.77. The summed E-state index contributed by atoms with van der Waals surface area (Å²) in [5, 5.41) is 0. The second-order valence-electron chi connectivity index (χ2n) is 6.48. The Morgan fingerprint density at radius 2 is 2.10 bits per heavy atom.